The van der Waals surface area contributed by atoms with Crippen molar-refractivity contribution in [2.45, 2.75) is 62.9 Å². The Morgan fingerprint density at radius 3 is 2.14 bits per heavy atom. The van der Waals surface area contributed by atoms with Crippen LogP contribution in [0.2, 0.25) is 0 Å². The summed E-state index contributed by atoms with van der Waals surface area (Å²) in [4.78, 5) is 0. The highest BCUT2D eigenvalue weighted by molar-refractivity contribution is 5.21. The third-order valence-corrected chi connectivity index (χ3v) is 4.93. The molecule has 0 aromatic heterocycles. The fourth-order valence-corrected chi connectivity index (χ4v) is 4.22. The Balaban J connectivity index is 2.10. The van der Waals surface area contributed by atoms with Crippen LogP contribution in [-0.4, -0.2) is 67.7 Å². The van der Waals surface area contributed by atoms with Crippen molar-refractivity contribution in [1.29, 1.82) is 0 Å². The molecule has 0 bridgehead atoms. The van der Waals surface area contributed by atoms with Crippen molar-refractivity contribution in [1.82, 2.24) is 0 Å². The van der Waals surface area contributed by atoms with Crippen LogP contribution in [0.25, 0.3) is 0 Å². The maximum atomic E-state index is 9.96. The molecule has 3 aliphatic rings. The largest absolute Gasteiger partial charge is 0.396 e. The minimum atomic E-state index is -1.21. The monoisotopic (exact) mass is 318 g/mol. The van der Waals surface area contributed by atoms with Crippen molar-refractivity contribution >= 4 is 0 Å². The molecular formula is C15H26O7. The van der Waals surface area contributed by atoms with Gasteiger partial charge in [-0.2, -0.15) is 0 Å². The van der Waals surface area contributed by atoms with Crippen LogP contribution in [-0.2, 0) is 28.4 Å². The van der Waals surface area contributed by atoms with Gasteiger partial charge in [0.1, 0.15) is 12.2 Å². The lowest BCUT2D eigenvalue weighted by Gasteiger charge is -2.44. The molecule has 0 aromatic carbocycles. The first-order valence-corrected chi connectivity index (χ1v) is 7.58. The Morgan fingerprint density at radius 1 is 1.05 bits per heavy atom. The van der Waals surface area contributed by atoms with E-state index in [1.807, 2.05) is 27.7 Å². The first kappa shape index (κ1) is 16.6. The van der Waals surface area contributed by atoms with Gasteiger partial charge in [0, 0.05) is 14.2 Å². The van der Waals surface area contributed by atoms with Crippen molar-refractivity contribution in [3.63, 3.8) is 0 Å². The predicted octanol–water partition coefficient (Wildman–Crippen LogP) is 0.639. The molecule has 2 heterocycles. The van der Waals surface area contributed by atoms with E-state index in [1.165, 1.54) is 14.2 Å². The van der Waals surface area contributed by atoms with E-state index in [0.717, 1.165) is 0 Å². The van der Waals surface area contributed by atoms with Gasteiger partial charge in [-0.25, -0.2) is 0 Å². The van der Waals surface area contributed by atoms with Crippen molar-refractivity contribution in [2.24, 2.45) is 5.92 Å². The molecule has 0 amide bonds. The van der Waals surface area contributed by atoms with E-state index < -0.39 is 41.1 Å². The average Bonchev–Trinajstić information content (AvgIpc) is 2.99. The van der Waals surface area contributed by atoms with Crippen LogP contribution in [0, 0.1) is 5.92 Å². The Kier molecular flexibility index (Phi) is 3.66. The van der Waals surface area contributed by atoms with E-state index in [2.05, 4.69) is 0 Å². The molecule has 2 saturated heterocycles. The van der Waals surface area contributed by atoms with Crippen molar-refractivity contribution in [3.8, 4) is 0 Å². The first-order chi connectivity index (χ1) is 10.2. The molecule has 1 aliphatic carbocycles. The van der Waals surface area contributed by atoms with Gasteiger partial charge >= 0.3 is 0 Å². The molecule has 0 unspecified atom stereocenters. The topological polar surface area (TPSA) is 75.6 Å². The van der Waals surface area contributed by atoms with Crippen LogP contribution in [0.5, 0.6) is 0 Å². The standard InChI is InChI=1S/C15H26O7/c1-12(2)19-8-14(22-12)11-10(20-13(3,4)21-11)9(7-16)15(14,17-5)18-6/h9-11,16H,7-8H2,1-6H3/t9-,10+,11+,14+/m0/s1. The Labute approximate surface area is 130 Å². The summed E-state index contributed by atoms with van der Waals surface area (Å²) in [5.74, 6) is -3.22. The molecule has 7 heteroatoms. The van der Waals surface area contributed by atoms with Gasteiger partial charge in [0.15, 0.2) is 17.2 Å². The molecule has 0 aromatic rings. The molecule has 128 valence electrons. The van der Waals surface area contributed by atoms with Crippen LogP contribution in [0.1, 0.15) is 27.7 Å². The molecule has 1 saturated carbocycles. The zero-order chi connectivity index (χ0) is 16.4. The zero-order valence-corrected chi connectivity index (χ0v) is 14.0. The fraction of sp³-hybridized carbons (Fsp3) is 1.00. The summed E-state index contributed by atoms with van der Waals surface area (Å²) in [5, 5.41) is 9.96. The second kappa shape index (κ2) is 4.86. The van der Waals surface area contributed by atoms with E-state index in [-0.39, 0.29) is 13.2 Å². The second-order valence-corrected chi connectivity index (χ2v) is 7.07. The molecule has 22 heavy (non-hydrogen) atoms. The highest BCUT2D eigenvalue weighted by atomic mass is 16.8. The lowest BCUT2D eigenvalue weighted by molar-refractivity contribution is -0.347. The maximum absolute atomic E-state index is 9.96. The van der Waals surface area contributed by atoms with Gasteiger partial charge in [-0.15, -0.1) is 0 Å². The summed E-state index contributed by atoms with van der Waals surface area (Å²) in [5.41, 5.74) is -1.01. The number of aliphatic hydroxyl groups is 1. The normalized spacial score (nSPS) is 44.6. The number of rotatable bonds is 3. The molecule has 7 nitrogen and oxygen atoms in total. The van der Waals surface area contributed by atoms with E-state index in [9.17, 15) is 5.11 Å². The number of ether oxygens (including phenoxy) is 6. The molecule has 0 radical (unpaired) electrons. The number of hydrogen-bond donors (Lipinski definition) is 1. The fourth-order valence-electron chi connectivity index (χ4n) is 4.22. The van der Waals surface area contributed by atoms with Crippen LogP contribution in [0.15, 0.2) is 0 Å². The Hall–Kier alpha value is -0.280. The van der Waals surface area contributed by atoms with Crippen LogP contribution in [0.3, 0.4) is 0 Å². The molecule has 1 spiro atoms. The Bertz CT molecular complexity index is 445. The first-order valence-electron chi connectivity index (χ1n) is 7.58. The van der Waals surface area contributed by atoms with Gasteiger partial charge in [-0.3, -0.25) is 0 Å². The van der Waals surface area contributed by atoms with E-state index in [4.69, 9.17) is 28.4 Å². The molecule has 3 fully saturated rings. The van der Waals surface area contributed by atoms with Crippen LogP contribution in [0.4, 0.5) is 0 Å². The zero-order valence-electron chi connectivity index (χ0n) is 14.0. The average molecular weight is 318 g/mol. The summed E-state index contributed by atoms with van der Waals surface area (Å²) in [7, 11) is 3.07. The minimum absolute atomic E-state index is 0.173. The summed E-state index contributed by atoms with van der Waals surface area (Å²) < 4.78 is 35.6. The minimum Gasteiger partial charge on any atom is -0.396 e. The highest BCUT2D eigenvalue weighted by Gasteiger charge is 2.79. The second-order valence-electron chi connectivity index (χ2n) is 7.07. The molecule has 1 N–H and O–H groups in total. The smallest absolute Gasteiger partial charge is 0.210 e. The van der Waals surface area contributed by atoms with Crippen LogP contribution < -0.4 is 0 Å². The summed E-state index contributed by atoms with van der Waals surface area (Å²) >= 11 is 0. The lowest BCUT2D eigenvalue weighted by Crippen LogP contribution is -2.63. The maximum Gasteiger partial charge on any atom is 0.210 e. The SMILES string of the molecule is COC1(OC)[C@@H](CO)[C@H]2OC(C)(C)O[C@H]2[C@]12COC(C)(C)O2. The molecule has 4 atom stereocenters. The molecule has 3 rings (SSSR count). The summed E-state index contributed by atoms with van der Waals surface area (Å²) in [6, 6.07) is 0. The number of fused-ring (bicyclic) bond motifs is 2. The summed E-state index contributed by atoms with van der Waals surface area (Å²) in [6.07, 6.45) is -0.862. The van der Waals surface area contributed by atoms with Gasteiger partial charge in [0.25, 0.3) is 0 Å². The number of aliphatic hydroxyl groups excluding tert-OH is 1. The number of methoxy groups -OCH3 is 2. The summed E-state index contributed by atoms with van der Waals surface area (Å²) in [6.45, 7) is 7.41. The molecule has 2 aliphatic heterocycles. The quantitative estimate of drug-likeness (QED) is 0.765. The lowest BCUT2D eigenvalue weighted by atomic mass is 9.91. The van der Waals surface area contributed by atoms with Gasteiger partial charge in [-0.05, 0) is 27.7 Å². The van der Waals surface area contributed by atoms with E-state index in [0.29, 0.717) is 0 Å². The van der Waals surface area contributed by atoms with Crippen molar-refractivity contribution in [2.75, 3.05) is 27.4 Å². The third-order valence-electron chi connectivity index (χ3n) is 4.93. The Morgan fingerprint density at radius 2 is 1.68 bits per heavy atom. The third kappa shape index (κ3) is 1.94. The molecular weight excluding hydrogens is 292 g/mol. The van der Waals surface area contributed by atoms with Gasteiger partial charge in [0.2, 0.25) is 5.79 Å². The predicted molar refractivity (Wildman–Crippen MR) is 75.0 cm³/mol. The van der Waals surface area contributed by atoms with Gasteiger partial charge in [-0.1, -0.05) is 0 Å². The van der Waals surface area contributed by atoms with Crippen molar-refractivity contribution < 1.29 is 33.5 Å². The highest BCUT2D eigenvalue weighted by Crippen LogP contribution is 2.59. The van der Waals surface area contributed by atoms with Crippen LogP contribution >= 0.6 is 0 Å². The van der Waals surface area contributed by atoms with E-state index >= 15 is 0 Å². The van der Waals surface area contributed by atoms with Gasteiger partial charge in [0.05, 0.1) is 19.1 Å². The van der Waals surface area contributed by atoms with Crippen molar-refractivity contribution in [3.05, 3.63) is 0 Å². The van der Waals surface area contributed by atoms with E-state index in [1.54, 1.807) is 0 Å². The van der Waals surface area contributed by atoms with Gasteiger partial charge < -0.3 is 33.5 Å². The number of hydrogen-bond acceptors (Lipinski definition) is 7.